The average Bonchev–Trinajstić information content (AvgIpc) is 2.62. The van der Waals surface area contributed by atoms with Gasteiger partial charge in [-0.05, 0) is 28.7 Å². The van der Waals surface area contributed by atoms with E-state index in [1.165, 1.54) is 0 Å². The highest BCUT2D eigenvalue weighted by molar-refractivity contribution is 5.91. The van der Waals surface area contributed by atoms with Gasteiger partial charge in [0.15, 0.2) is 6.04 Å². The minimum atomic E-state index is -1.29. The molecule has 0 fully saturated rings. The predicted molar refractivity (Wildman–Crippen MR) is 106 cm³/mol. The standard InChI is InChI=1S/C22H24F2N2O4/c1-22(2,3)19(25-17(27)11-13-9-15(23)12-16(24)10-13)20(28)26-18(21(29)30)14-7-5-4-6-8-14/h4-10,12,18-19H,11H2,1-3H3,(H,25,27)(H,26,28)(H,29,30)/t18-,19+/m0/s1. The first-order valence-corrected chi connectivity index (χ1v) is 9.30. The number of nitrogens with one attached hydrogen (secondary N) is 2. The quantitative estimate of drug-likeness (QED) is 0.644. The van der Waals surface area contributed by atoms with Crippen molar-refractivity contribution in [3.8, 4) is 0 Å². The van der Waals surface area contributed by atoms with Gasteiger partial charge in [-0.25, -0.2) is 13.6 Å². The van der Waals surface area contributed by atoms with Crippen molar-refractivity contribution in [2.24, 2.45) is 5.41 Å². The van der Waals surface area contributed by atoms with Gasteiger partial charge in [-0.2, -0.15) is 0 Å². The van der Waals surface area contributed by atoms with Crippen LogP contribution in [0.3, 0.4) is 0 Å². The van der Waals surface area contributed by atoms with Crippen LogP contribution in [0.15, 0.2) is 48.5 Å². The number of benzene rings is 2. The fourth-order valence-electron chi connectivity index (χ4n) is 2.94. The second kappa shape index (κ2) is 9.47. The van der Waals surface area contributed by atoms with Gasteiger partial charge in [0.2, 0.25) is 11.8 Å². The third kappa shape index (κ3) is 6.37. The Morgan fingerprint density at radius 3 is 2.03 bits per heavy atom. The van der Waals surface area contributed by atoms with Crippen LogP contribution in [-0.2, 0) is 20.8 Å². The Hall–Kier alpha value is -3.29. The summed E-state index contributed by atoms with van der Waals surface area (Å²) in [7, 11) is 0. The topological polar surface area (TPSA) is 95.5 Å². The molecule has 2 amide bonds. The lowest BCUT2D eigenvalue weighted by Gasteiger charge is -2.31. The number of carboxylic acids is 1. The van der Waals surface area contributed by atoms with E-state index in [4.69, 9.17) is 0 Å². The Balaban J connectivity index is 2.17. The highest BCUT2D eigenvalue weighted by atomic mass is 19.1. The summed E-state index contributed by atoms with van der Waals surface area (Å²) in [5.74, 6) is -4.17. The van der Waals surface area contributed by atoms with E-state index in [9.17, 15) is 28.3 Å². The minimum absolute atomic E-state index is 0.116. The lowest BCUT2D eigenvalue weighted by Crippen LogP contribution is -2.55. The molecule has 2 rings (SSSR count). The van der Waals surface area contributed by atoms with Gasteiger partial charge in [0.05, 0.1) is 6.42 Å². The molecule has 0 radical (unpaired) electrons. The van der Waals surface area contributed by atoms with Crippen LogP contribution in [0.4, 0.5) is 8.78 Å². The number of hydrogen-bond donors (Lipinski definition) is 3. The van der Waals surface area contributed by atoms with E-state index in [0.717, 1.165) is 12.1 Å². The van der Waals surface area contributed by atoms with Gasteiger partial charge in [-0.1, -0.05) is 51.1 Å². The number of halogens is 2. The van der Waals surface area contributed by atoms with E-state index in [-0.39, 0.29) is 12.0 Å². The molecular formula is C22H24F2N2O4. The van der Waals surface area contributed by atoms with Crippen LogP contribution >= 0.6 is 0 Å². The molecule has 6 nitrogen and oxygen atoms in total. The predicted octanol–water partition coefficient (Wildman–Crippen LogP) is 2.98. The highest BCUT2D eigenvalue weighted by Crippen LogP contribution is 2.22. The van der Waals surface area contributed by atoms with E-state index in [1.54, 1.807) is 51.1 Å². The number of carbonyl (C=O) groups is 3. The van der Waals surface area contributed by atoms with Crippen molar-refractivity contribution in [3.05, 3.63) is 71.3 Å². The number of hydrogen-bond acceptors (Lipinski definition) is 3. The van der Waals surface area contributed by atoms with E-state index >= 15 is 0 Å². The van der Waals surface area contributed by atoms with Crippen molar-refractivity contribution in [3.63, 3.8) is 0 Å². The highest BCUT2D eigenvalue weighted by Gasteiger charge is 2.35. The van der Waals surface area contributed by atoms with Crippen molar-refractivity contribution < 1.29 is 28.3 Å². The molecule has 0 saturated heterocycles. The van der Waals surface area contributed by atoms with Gasteiger partial charge in [-0.15, -0.1) is 0 Å². The first-order valence-electron chi connectivity index (χ1n) is 9.30. The van der Waals surface area contributed by atoms with Crippen molar-refractivity contribution in [1.82, 2.24) is 10.6 Å². The molecule has 8 heteroatoms. The number of carbonyl (C=O) groups excluding carboxylic acids is 2. The summed E-state index contributed by atoms with van der Waals surface area (Å²) in [6.07, 6.45) is -0.338. The zero-order chi connectivity index (χ0) is 22.5. The number of amides is 2. The third-order valence-corrected chi connectivity index (χ3v) is 4.39. The third-order valence-electron chi connectivity index (χ3n) is 4.39. The van der Waals surface area contributed by atoms with Crippen LogP contribution in [0.5, 0.6) is 0 Å². The summed E-state index contributed by atoms with van der Waals surface area (Å²) in [5, 5.41) is 14.5. The SMILES string of the molecule is CC(C)(C)[C@H](NC(=O)Cc1cc(F)cc(F)c1)C(=O)N[C@H](C(=O)O)c1ccccc1. The first kappa shape index (κ1) is 23.0. The van der Waals surface area contributed by atoms with Gasteiger partial charge in [0, 0.05) is 6.07 Å². The molecule has 0 saturated carbocycles. The Bertz CT molecular complexity index is 906. The molecule has 0 aliphatic rings. The van der Waals surface area contributed by atoms with E-state index in [2.05, 4.69) is 10.6 Å². The summed E-state index contributed by atoms with van der Waals surface area (Å²) in [4.78, 5) is 37.0. The van der Waals surface area contributed by atoms with Crippen molar-refractivity contribution >= 4 is 17.8 Å². The summed E-state index contributed by atoms with van der Waals surface area (Å²) in [6.45, 7) is 5.12. The number of rotatable bonds is 7. The van der Waals surface area contributed by atoms with E-state index in [0.29, 0.717) is 11.6 Å². The first-order chi connectivity index (χ1) is 14.0. The van der Waals surface area contributed by atoms with Gasteiger partial charge >= 0.3 is 5.97 Å². The summed E-state index contributed by atoms with van der Waals surface area (Å²) in [6, 6.07) is 8.56. The van der Waals surface area contributed by atoms with Crippen molar-refractivity contribution in [1.29, 1.82) is 0 Å². The van der Waals surface area contributed by atoms with E-state index < -0.39 is 46.9 Å². The van der Waals surface area contributed by atoms with Gasteiger partial charge < -0.3 is 15.7 Å². The number of carboxylic acid groups (broad SMARTS) is 1. The van der Waals surface area contributed by atoms with Gasteiger partial charge in [0.25, 0.3) is 0 Å². The molecule has 0 spiro atoms. The second-order valence-corrected chi connectivity index (χ2v) is 8.01. The maximum Gasteiger partial charge on any atom is 0.330 e. The van der Waals surface area contributed by atoms with Crippen LogP contribution in [0, 0.1) is 17.0 Å². The maximum atomic E-state index is 13.3. The van der Waals surface area contributed by atoms with Crippen molar-refractivity contribution in [2.75, 3.05) is 0 Å². The van der Waals surface area contributed by atoms with Crippen LogP contribution in [0.25, 0.3) is 0 Å². The summed E-state index contributed by atoms with van der Waals surface area (Å²) >= 11 is 0. The molecular weight excluding hydrogens is 394 g/mol. The van der Waals surface area contributed by atoms with Crippen LogP contribution in [0.2, 0.25) is 0 Å². The molecule has 2 atom stereocenters. The molecule has 0 aromatic heterocycles. The average molecular weight is 418 g/mol. The minimum Gasteiger partial charge on any atom is -0.479 e. The molecule has 160 valence electrons. The van der Waals surface area contributed by atoms with Crippen LogP contribution in [-0.4, -0.2) is 28.9 Å². The zero-order valence-corrected chi connectivity index (χ0v) is 16.9. The lowest BCUT2D eigenvalue weighted by atomic mass is 9.85. The van der Waals surface area contributed by atoms with E-state index in [1.807, 2.05) is 0 Å². The molecule has 30 heavy (non-hydrogen) atoms. The second-order valence-electron chi connectivity index (χ2n) is 8.01. The Kier molecular flexibility index (Phi) is 7.26. The Labute approximate surface area is 173 Å². The maximum absolute atomic E-state index is 13.3. The van der Waals surface area contributed by atoms with Gasteiger partial charge in [-0.3, -0.25) is 9.59 Å². The smallest absolute Gasteiger partial charge is 0.330 e. The monoisotopic (exact) mass is 418 g/mol. The normalized spacial score (nSPS) is 13.2. The Morgan fingerprint density at radius 1 is 0.967 bits per heavy atom. The molecule has 2 aromatic rings. The molecule has 0 heterocycles. The Morgan fingerprint density at radius 2 is 1.53 bits per heavy atom. The van der Waals surface area contributed by atoms with Crippen LogP contribution in [0.1, 0.15) is 37.9 Å². The van der Waals surface area contributed by atoms with Crippen LogP contribution < -0.4 is 10.6 Å². The largest absolute Gasteiger partial charge is 0.479 e. The summed E-state index contributed by atoms with van der Waals surface area (Å²) in [5.41, 5.74) is -0.259. The number of aliphatic carboxylic acids is 1. The fraction of sp³-hybridized carbons (Fsp3) is 0.318. The van der Waals surface area contributed by atoms with Gasteiger partial charge in [0.1, 0.15) is 17.7 Å². The molecule has 2 aromatic carbocycles. The fourth-order valence-corrected chi connectivity index (χ4v) is 2.94. The van der Waals surface area contributed by atoms with Crippen molar-refractivity contribution in [2.45, 2.75) is 39.3 Å². The zero-order valence-electron chi connectivity index (χ0n) is 16.9. The molecule has 0 aliphatic heterocycles. The molecule has 0 unspecified atom stereocenters. The molecule has 0 bridgehead atoms. The lowest BCUT2D eigenvalue weighted by molar-refractivity contribution is -0.143. The summed E-state index contributed by atoms with van der Waals surface area (Å²) < 4.78 is 26.7. The molecule has 3 N–H and O–H groups in total. The molecule has 0 aliphatic carbocycles.